The number of hydrogen-bond acceptors (Lipinski definition) is 3. The zero-order chi connectivity index (χ0) is 15.2. The van der Waals surface area contributed by atoms with Crippen molar-refractivity contribution < 1.29 is 9.90 Å². The summed E-state index contributed by atoms with van der Waals surface area (Å²) in [5.74, 6) is -0.0992. The fraction of sp³-hybridized carbons (Fsp3) is 0.235. The number of rotatable bonds is 5. The van der Waals surface area contributed by atoms with E-state index in [1.807, 2.05) is 31.2 Å². The van der Waals surface area contributed by atoms with E-state index in [0.29, 0.717) is 12.1 Å². The van der Waals surface area contributed by atoms with Crippen LogP contribution in [0, 0.1) is 6.92 Å². The van der Waals surface area contributed by atoms with Gasteiger partial charge in [-0.3, -0.25) is 4.79 Å². The van der Waals surface area contributed by atoms with E-state index in [4.69, 9.17) is 0 Å². The molecule has 0 aliphatic rings. The Morgan fingerprint density at radius 2 is 1.95 bits per heavy atom. The van der Waals surface area contributed by atoms with Gasteiger partial charge in [0.05, 0.1) is 0 Å². The molecule has 0 aliphatic heterocycles. The van der Waals surface area contributed by atoms with Crippen LogP contribution in [-0.2, 0) is 6.54 Å². The van der Waals surface area contributed by atoms with Gasteiger partial charge in [0.25, 0.3) is 5.91 Å². The minimum Gasteiger partial charge on any atom is -0.508 e. The number of phenolic OH excluding ortho intramolecular Hbond substituents is 1. The first-order valence-electron chi connectivity index (χ1n) is 7.01. The molecule has 0 heterocycles. The molecule has 0 atom stereocenters. The van der Waals surface area contributed by atoms with Gasteiger partial charge in [0.1, 0.15) is 5.75 Å². The molecular formula is C17H20N2O2. The van der Waals surface area contributed by atoms with Crippen molar-refractivity contribution in [3.63, 3.8) is 0 Å². The number of phenols is 1. The molecule has 0 fully saturated rings. The quantitative estimate of drug-likeness (QED) is 0.790. The lowest BCUT2D eigenvalue weighted by Crippen LogP contribution is -2.17. The average molecular weight is 284 g/mol. The van der Waals surface area contributed by atoms with Crippen molar-refractivity contribution >= 4 is 11.6 Å². The number of aromatic hydroxyl groups is 1. The maximum atomic E-state index is 12.3. The largest absolute Gasteiger partial charge is 0.508 e. The lowest BCUT2D eigenvalue weighted by molar-refractivity contribution is 0.102. The first kappa shape index (κ1) is 15.1. The lowest BCUT2D eigenvalue weighted by Gasteiger charge is -2.12. The Morgan fingerprint density at radius 1 is 1.19 bits per heavy atom. The highest BCUT2D eigenvalue weighted by Crippen LogP contribution is 2.20. The third kappa shape index (κ3) is 3.83. The summed E-state index contributed by atoms with van der Waals surface area (Å²) < 4.78 is 0. The molecule has 2 aromatic carbocycles. The van der Waals surface area contributed by atoms with Gasteiger partial charge >= 0.3 is 0 Å². The third-order valence-corrected chi connectivity index (χ3v) is 3.30. The van der Waals surface area contributed by atoms with E-state index in [0.717, 1.165) is 23.4 Å². The van der Waals surface area contributed by atoms with Crippen LogP contribution < -0.4 is 10.6 Å². The van der Waals surface area contributed by atoms with E-state index in [9.17, 15) is 9.90 Å². The summed E-state index contributed by atoms with van der Waals surface area (Å²) in [4.78, 5) is 12.3. The topological polar surface area (TPSA) is 61.4 Å². The Hall–Kier alpha value is -2.33. The molecule has 0 saturated heterocycles. The molecule has 4 heteroatoms. The molecule has 2 rings (SSSR count). The number of benzene rings is 2. The van der Waals surface area contributed by atoms with Gasteiger partial charge < -0.3 is 15.7 Å². The lowest BCUT2D eigenvalue weighted by atomic mass is 10.1. The first-order chi connectivity index (χ1) is 10.1. The van der Waals surface area contributed by atoms with Gasteiger partial charge in [0.15, 0.2) is 0 Å². The van der Waals surface area contributed by atoms with Gasteiger partial charge in [-0.1, -0.05) is 31.2 Å². The molecule has 0 spiro atoms. The summed E-state index contributed by atoms with van der Waals surface area (Å²) in [5, 5.41) is 15.8. The number of aryl methyl sites for hydroxylation is 1. The standard InChI is InChI=1S/C17H20N2O2/c1-3-18-11-14-6-4-5-7-15(14)19-17(21)13-9-8-12(2)16(20)10-13/h4-10,18,20H,3,11H2,1-2H3,(H,19,21). The van der Waals surface area contributed by atoms with Crippen LogP contribution in [-0.4, -0.2) is 17.6 Å². The van der Waals surface area contributed by atoms with Crippen molar-refractivity contribution in [3.05, 3.63) is 59.2 Å². The second-order valence-corrected chi connectivity index (χ2v) is 4.89. The molecule has 0 saturated carbocycles. The maximum Gasteiger partial charge on any atom is 0.255 e. The molecule has 2 aromatic rings. The minimum atomic E-state index is -0.228. The van der Waals surface area contributed by atoms with Gasteiger partial charge in [-0.2, -0.15) is 0 Å². The van der Waals surface area contributed by atoms with E-state index < -0.39 is 0 Å². The van der Waals surface area contributed by atoms with Crippen molar-refractivity contribution in [2.45, 2.75) is 20.4 Å². The van der Waals surface area contributed by atoms with Crippen molar-refractivity contribution in [2.75, 3.05) is 11.9 Å². The first-order valence-corrected chi connectivity index (χ1v) is 7.01. The van der Waals surface area contributed by atoms with Crippen molar-refractivity contribution in [1.29, 1.82) is 0 Å². The van der Waals surface area contributed by atoms with Crippen LogP contribution in [0.25, 0.3) is 0 Å². The zero-order valence-electron chi connectivity index (χ0n) is 12.3. The summed E-state index contributed by atoms with van der Waals surface area (Å²) in [7, 11) is 0. The van der Waals surface area contributed by atoms with E-state index in [1.165, 1.54) is 6.07 Å². The van der Waals surface area contributed by atoms with Gasteiger partial charge in [-0.25, -0.2) is 0 Å². The number of hydrogen-bond donors (Lipinski definition) is 3. The Balaban J connectivity index is 2.17. The smallest absolute Gasteiger partial charge is 0.255 e. The summed E-state index contributed by atoms with van der Waals surface area (Å²) in [6.45, 7) is 5.40. The molecule has 0 aromatic heterocycles. The summed E-state index contributed by atoms with van der Waals surface area (Å²) in [6, 6.07) is 12.6. The summed E-state index contributed by atoms with van der Waals surface area (Å²) in [5.41, 5.74) is 3.00. The molecule has 0 radical (unpaired) electrons. The van der Waals surface area contributed by atoms with Crippen molar-refractivity contribution in [1.82, 2.24) is 5.32 Å². The normalized spacial score (nSPS) is 10.4. The molecule has 4 nitrogen and oxygen atoms in total. The molecular weight excluding hydrogens is 264 g/mol. The Morgan fingerprint density at radius 3 is 2.67 bits per heavy atom. The predicted molar refractivity (Wildman–Crippen MR) is 84.6 cm³/mol. The predicted octanol–water partition coefficient (Wildman–Crippen LogP) is 3.06. The Labute approximate surface area is 124 Å². The Kier molecular flexibility index (Phi) is 4.95. The third-order valence-electron chi connectivity index (χ3n) is 3.30. The number of anilines is 1. The highest BCUT2D eigenvalue weighted by molar-refractivity contribution is 6.04. The van der Waals surface area contributed by atoms with Crippen LogP contribution in [0.1, 0.15) is 28.4 Å². The molecule has 3 N–H and O–H groups in total. The second-order valence-electron chi connectivity index (χ2n) is 4.89. The molecule has 0 bridgehead atoms. The van der Waals surface area contributed by atoms with Crippen LogP contribution in [0.15, 0.2) is 42.5 Å². The van der Waals surface area contributed by atoms with Gasteiger partial charge in [-0.15, -0.1) is 0 Å². The van der Waals surface area contributed by atoms with E-state index >= 15 is 0 Å². The number of para-hydroxylation sites is 1. The summed E-state index contributed by atoms with van der Waals surface area (Å²) in [6.07, 6.45) is 0. The van der Waals surface area contributed by atoms with E-state index in [-0.39, 0.29) is 11.7 Å². The highest BCUT2D eigenvalue weighted by atomic mass is 16.3. The average Bonchev–Trinajstić information content (AvgIpc) is 2.49. The number of carbonyl (C=O) groups is 1. The van der Waals surface area contributed by atoms with Crippen LogP contribution in [0.2, 0.25) is 0 Å². The minimum absolute atomic E-state index is 0.128. The highest BCUT2D eigenvalue weighted by Gasteiger charge is 2.10. The van der Waals surface area contributed by atoms with Gasteiger partial charge in [0, 0.05) is 17.8 Å². The van der Waals surface area contributed by atoms with Crippen molar-refractivity contribution in [2.24, 2.45) is 0 Å². The van der Waals surface area contributed by atoms with Crippen LogP contribution in [0.5, 0.6) is 5.75 Å². The fourth-order valence-corrected chi connectivity index (χ4v) is 2.00. The van der Waals surface area contributed by atoms with Crippen molar-refractivity contribution in [3.8, 4) is 5.75 Å². The fourth-order valence-electron chi connectivity index (χ4n) is 2.00. The molecule has 0 unspecified atom stereocenters. The number of amides is 1. The Bertz CT molecular complexity index is 638. The van der Waals surface area contributed by atoms with Gasteiger partial charge in [-0.05, 0) is 42.8 Å². The number of carbonyl (C=O) groups excluding carboxylic acids is 1. The van der Waals surface area contributed by atoms with Crippen LogP contribution in [0.3, 0.4) is 0 Å². The van der Waals surface area contributed by atoms with Crippen LogP contribution >= 0.6 is 0 Å². The SMILES string of the molecule is CCNCc1ccccc1NC(=O)c1ccc(C)c(O)c1. The van der Waals surface area contributed by atoms with E-state index in [1.54, 1.807) is 19.1 Å². The maximum absolute atomic E-state index is 12.3. The molecule has 0 aliphatic carbocycles. The van der Waals surface area contributed by atoms with Gasteiger partial charge in [0.2, 0.25) is 0 Å². The molecule has 21 heavy (non-hydrogen) atoms. The monoisotopic (exact) mass is 284 g/mol. The van der Waals surface area contributed by atoms with E-state index in [2.05, 4.69) is 10.6 Å². The molecule has 110 valence electrons. The number of nitrogens with one attached hydrogen (secondary N) is 2. The second kappa shape index (κ2) is 6.90. The van der Waals surface area contributed by atoms with Crippen LogP contribution in [0.4, 0.5) is 5.69 Å². The zero-order valence-corrected chi connectivity index (χ0v) is 12.3. The molecule has 1 amide bonds. The summed E-state index contributed by atoms with van der Waals surface area (Å²) >= 11 is 0.